The summed E-state index contributed by atoms with van der Waals surface area (Å²) in [5.41, 5.74) is 0.951. The quantitative estimate of drug-likeness (QED) is 0.475. The summed E-state index contributed by atoms with van der Waals surface area (Å²) in [5, 5.41) is 0. The Kier molecular flexibility index (Phi) is 5.10. The van der Waals surface area contributed by atoms with Crippen molar-refractivity contribution >= 4 is 35.4 Å². The molecule has 0 aliphatic carbocycles. The largest absolute Gasteiger partial charge is 0.461 e. The number of nitrogens with zero attached hydrogens (tertiary/aromatic N) is 1. The third-order valence-electron chi connectivity index (χ3n) is 2.74. The summed E-state index contributed by atoms with van der Waals surface area (Å²) in [4.78, 5) is 23.1. The highest BCUT2D eigenvalue weighted by Crippen LogP contribution is 2.31. The Balaban J connectivity index is 1.74. The molecule has 0 spiro atoms. The second-order valence-electron chi connectivity index (χ2n) is 4.15. The van der Waals surface area contributed by atoms with E-state index in [0.29, 0.717) is 0 Å². The van der Waals surface area contributed by atoms with Crippen LogP contribution >= 0.6 is 23.5 Å². The minimum atomic E-state index is -0.290. The molecule has 1 atom stereocenters. The summed E-state index contributed by atoms with van der Waals surface area (Å²) in [6, 6.07) is 9.41. The molecule has 19 heavy (non-hydrogen) atoms. The second kappa shape index (κ2) is 6.82. The molecule has 0 radical (unpaired) electrons. The van der Waals surface area contributed by atoms with Crippen LogP contribution in [0.25, 0.3) is 0 Å². The van der Waals surface area contributed by atoms with Gasteiger partial charge in [0.05, 0.1) is 12.5 Å². The maximum atomic E-state index is 11.7. The van der Waals surface area contributed by atoms with Crippen LogP contribution in [0.2, 0.25) is 0 Å². The number of amides is 1. The lowest BCUT2D eigenvalue weighted by Gasteiger charge is -2.38. The van der Waals surface area contributed by atoms with Gasteiger partial charge in [-0.25, -0.2) is 0 Å². The Labute approximate surface area is 121 Å². The van der Waals surface area contributed by atoms with Gasteiger partial charge in [-0.2, -0.15) is 0 Å². The van der Waals surface area contributed by atoms with Crippen molar-refractivity contribution in [2.24, 2.45) is 0 Å². The van der Waals surface area contributed by atoms with Crippen LogP contribution in [0.5, 0.6) is 0 Å². The van der Waals surface area contributed by atoms with Crippen LogP contribution in [0.4, 0.5) is 0 Å². The number of ether oxygens (including phenoxy) is 1. The number of carbonyl (C=O) groups excluding carboxylic acids is 2. The van der Waals surface area contributed by atoms with Crippen molar-refractivity contribution in [3.05, 3.63) is 35.9 Å². The lowest BCUT2D eigenvalue weighted by atomic mass is 10.2. The summed E-state index contributed by atoms with van der Waals surface area (Å²) in [6.07, 6.45) is 0.225. The molecule has 1 aliphatic rings. The topological polar surface area (TPSA) is 46.6 Å². The van der Waals surface area contributed by atoms with E-state index in [9.17, 15) is 9.59 Å². The molecule has 1 fully saturated rings. The molecule has 1 aromatic carbocycles. The monoisotopic (exact) mass is 299 g/mol. The van der Waals surface area contributed by atoms with Crippen molar-refractivity contribution in [1.29, 1.82) is 0 Å². The summed E-state index contributed by atoms with van der Waals surface area (Å²) in [7, 11) is 0. The van der Waals surface area contributed by atoms with Gasteiger partial charge in [-0.15, -0.1) is 11.6 Å². The molecule has 0 aromatic heterocycles. The molecule has 1 amide bonds. The third kappa shape index (κ3) is 3.88. The summed E-state index contributed by atoms with van der Waals surface area (Å²) < 4.78 is 6.73. The van der Waals surface area contributed by atoms with Gasteiger partial charge < -0.3 is 4.74 Å². The van der Waals surface area contributed by atoms with E-state index in [0.717, 1.165) is 11.3 Å². The Morgan fingerprint density at radius 2 is 2.11 bits per heavy atom. The number of rotatable bonds is 5. The lowest BCUT2D eigenvalue weighted by molar-refractivity contribution is -0.146. The average Bonchev–Trinajstić information content (AvgIpc) is 2.42. The van der Waals surface area contributed by atoms with Gasteiger partial charge in [0, 0.05) is 5.75 Å². The van der Waals surface area contributed by atoms with Crippen molar-refractivity contribution in [1.82, 2.24) is 4.31 Å². The zero-order chi connectivity index (χ0) is 13.7. The first-order chi connectivity index (χ1) is 9.20. The van der Waals surface area contributed by atoms with Crippen LogP contribution in [0.15, 0.2) is 30.3 Å². The predicted molar refractivity (Wildman–Crippen MR) is 74.7 cm³/mol. The van der Waals surface area contributed by atoms with Gasteiger partial charge in [0.25, 0.3) is 0 Å². The molecule has 1 unspecified atom stereocenters. The van der Waals surface area contributed by atoms with E-state index in [1.165, 1.54) is 11.9 Å². The highest BCUT2D eigenvalue weighted by molar-refractivity contribution is 7.98. The molecule has 1 aromatic rings. The lowest BCUT2D eigenvalue weighted by Crippen LogP contribution is -2.47. The molecular formula is C13H14ClNO3S. The van der Waals surface area contributed by atoms with Crippen molar-refractivity contribution < 1.29 is 14.3 Å². The highest BCUT2D eigenvalue weighted by atomic mass is 35.5. The molecule has 1 heterocycles. The van der Waals surface area contributed by atoms with E-state index in [1.807, 2.05) is 30.3 Å². The van der Waals surface area contributed by atoms with Gasteiger partial charge in [-0.3, -0.25) is 13.9 Å². The average molecular weight is 300 g/mol. The number of benzene rings is 1. The molecular weight excluding hydrogens is 286 g/mol. The van der Waals surface area contributed by atoms with Crippen molar-refractivity contribution in [3.63, 3.8) is 0 Å². The zero-order valence-electron chi connectivity index (χ0n) is 10.3. The molecule has 0 bridgehead atoms. The van der Waals surface area contributed by atoms with Crippen molar-refractivity contribution in [2.45, 2.75) is 19.1 Å². The van der Waals surface area contributed by atoms with Crippen LogP contribution in [-0.2, 0) is 20.9 Å². The van der Waals surface area contributed by atoms with Crippen LogP contribution in [-0.4, -0.2) is 33.9 Å². The van der Waals surface area contributed by atoms with Gasteiger partial charge in [0.1, 0.15) is 12.5 Å². The standard InChI is InChI=1S/C13H14ClNO3S/c14-7-12(16)15-11(9-19-15)6-13(17)18-8-10-4-2-1-3-5-10/h1-5,11H,6-9H2. The molecule has 0 N–H and O–H groups in total. The first-order valence-corrected chi connectivity index (χ1v) is 7.39. The number of esters is 1. The van der Waals surface area contributed by atoms with E-state index in [-0.39, 0.29) is 36.8 Å². The Morgan fingerprint density at radius 1 is 1.37 bits per heavy atom. The van der Waals surface area contributed by atoms with Crippen molar-refractivity contribution in [2.75, 3.05) is 11.6 Å². The Bertz CT molecular complexity index is 454. The normalized spacial score (nSPS) is 17.7. The first kappa shape index (κ1) is 14.2. The zero-order valence-corrected chi connectivity index (χ0v) is 11.8. The van der Waals surface area contributed by atoms with E-state index >= 15 is 0 Å². The number of halogens is 1. The third-order valence-corrected chi connectivity index (χ3v) is 4.29. The van der Waals surface area contributed by atoms with Crippen LogP contribution in [0.3, 0.4) is 0 Å². The molecule has 4 nitrogen and oxygen atoms in total. The van der Waals surface area contributed by atoms with E-state index < -0.39 is 0 Å². The fourth-order valence-corrected chi connectivity index (χ4v) is 2.83. The summed E-state index contributed by atoms with van der Waals surface area (Å²) in [5.74, 6) is 0.256. The molecule has 0 saturated carbocycles. The van der Waals surface area contributed by atoms with Gasteiger partial charge in [0.15, 0.2) is 0 Å². The molecule has 2 rings (SSSR count). The number of alkyl halides is 1. The Hall–Kier alpha value is -1.20. The number of hydrogen-bond donors (Lipinski definition) is 0. The first-order valence-electron chi connectivity index (χ1n) is 5.91. The highest BCUT2D eigenvalue weighted by Gasteiger charge is 2.34. The predicted octanol–water partition coefficient (Wildman–Crippen LogP) is 2.22. The van der Waals surface area contributed by atoms with E-state index in [1.54, 1.807) is 4.31 Å². The van der Waals surface area contributed by atoms with Gasteiger partial charge in [-0.05, 0) is 17.5 Å². The van der Waals surface area contributed by atoms with Crippen LogP contribution in [0.1, 0.15) is 12.0 Å². The number of carbonyl (C=O) groups is 2. The van der Waals surface area contributed by atoms with Gasteiger partial charge >= 0.3 is 5.97 Å². The van der Waals surface area contributed by atoms with Crippen LogP contribution in [0, 0.1) is 0 Å². The SMILES string of the molecule is O=C(CC1CSN1C(=O)CCl)OCc1ccccc1. The maximum Gasteiger partial charge on any atom is 0.308 e. The molecule has 102 valence electrons. The minimum Gasteiger partial charge on any atom is -0.461 e. The minimum absolute atomic E-state index is 0.0530. The summed E-state index contributed by atoms with van der Waals surface area (Å²) in [6.45, 7) is 0.267. The van der Waals surface area contributed by atoms with E-state index in [4.69, 9.17) is 16.3 Å². The fraction of sp³-hybridized carbons (Fsp3) is 0.385. The molecule has 1 aliphatic heterocycles. The maximum absolute atomic E-state index is 11.7. The molecule has 6 heteroatoms. The van der Waals surface area contributed by atoms with Crippen molar-refractivity contribution in [3.8, 4) is 0 Å². The van der Waals surface area contributed by atoms with Gasteiger partial charge in [-0.1, -0.05) is 30.3 Å². The smallest absolute Gasteiger partial charge is 0.308 e. The fourth-order valence-electron chi connectivity index (χ4n) is 1.72. The number of hydrogen-bond acceptors (Lipinski definition) is 4. The Morgan fingerprint density at radius 3 is 2.68 bits per heavy atom. The second-order valence-corrected chi connectivity index (χ2v) is 5.41. The molecule has 1 saturated heterocycles. The van der Waals surface area contributed by atoms with E-state index in [2.05, 4.69) is 0 Å². The summed E-state index contributed by atoms with van der Waals surface area (Å²) >= 11 is 6.88. The van der Waals surface area contributed by atoms with Crippen LogP contribution < -0.4 is 0 Å². The van der Waals surface area contributed by atoms with Gasteiger partial charge in [0.2, 0.25) is 5.91 Å².